The maximum absolute atomic E-state index is 9.41. The molecular formula is C24H25N7O2. The van der Waals surface area contributed by atoms with Crippen molar-refractivity contribution in [2.24, 2.45) is 0 Å². The molecule has 0 aliphatic heterocycles. The minimum atomic E-state index is 0.0305. The number of nitrogens with one attached hydrogen (secondary N) is 2. The van der Waals surface area contributed by atoms with Gasteiger partial charge in [0.25, 0.3) is 0 Å². The lowest BCUT2D eigenvalue weighted by Crippen LogP contribution is -2.22. The van der Waals surface area contributed by atoms with Crippen molar-refractivity contribution in [1.29, 1.82) is 5.41 Å². The Kier molecular flexibility index (Phi) is 6.61. The summed E-state index contributed by atoms with van der Waals surface area (Å²) < 4.78 is 5.50. The Labute approximate surface area is 191 Å². The molecule has 2 aromatic carbocycles. The van der Waals surface area contributed by atoms with Gasteiger partial charge in [-0.25, -0.2) is 9.97 Å². The van der Waals surface area contributed by atoms with Gasteiger partial charge in [-0.2, -0.15) is 4.98 Å². The number of nitrogen functional groups attached to an aromatic ring is 1. The van der Waals surface area contributed by atoms with E-state index in [0.717, 1.165) is 22.6 Å². The van der Waals surface area contributed by atoms with Gasteiger partial charge in [0, 0.05) is 48.1 Å². The number of aliphatic hydroxyl groups is 1. The molecule has 0 aliphatic rings. The van der Waals surface area contributed by atoms with Crippen LogP contribution in [0.25, 0.3) is 11.3 Å². The van der Waals surface area contributed by atoms with Crippen LogP contribution in [0.3, 0.4) is 0 Å². The molecule has 0 unspecified atom stereocenters. The molecule has 9 nitrogen and oxygen atoms in total. The predicted octanol–water partition coefficient (Wildman–Crippen LogP) is 4.28. The summed E-state index contributed by atoms with van der Waals surface area (Å²) in [4.78, 5) is 15.1. The molecule has 0 amide bonds. The average molecular weight is 444 g/mol. The van der Waals surface area contributed by atoms with Crippen LogP contribution in [0.4, 0.5) is 28.8 Å². The summed E-state index contributed by atoms with van der Waals surface area (Å²) in [5, 5.41) is 20.5. The highest BCUT2D eigenvalue weighted by Gasteiger charge is 2.16. The highest BCUT2D eigenvalue weighted by molar-refractivity contribution is 5.94. The van der Waals surface area contributed by atoms with Crippen LogP contribution in [0.2, 0.25) is 0 Å². The average Bonchev–Trinajstić information content (AvgIpc) is 3.26. The molecule has 0 radical (unpaired) electrons. The van der Waals surface area contributed by atoms with E-state index in [1.807, 2.05) is 48.2 Å². The fraction of sp³-hybridized carbons (Fsp3) is 0.167. The van der Waals surface area contributed by atoms with Crippen LogP contribution in [0, 0.1) is 12.3 Å². The van der Waals surface area contributed by atoms with Gasteiger partial charge in [0.2, 0.25) is 5.95 Å². The number of nitrogens with zero attached hydrogens (tertiary/aromatic N) is 4. The molecule has 0 spiro atoms. The molecule has 168 valence electrons. The Morgan fingerprint density at radius 1 is 1.18 bits per heavy atom. The van der Waals surface area contributed by atoms with Gasteiger partial charge in [-0.05, 0) is 43.7 Å². The van der Waals surface area contributed by atoms with Crippen LogP contribution in [0.1, 0.15) is 17.7 Å². The van der Waals surface area contributed by atoms with Gasteiger partial charge in [-0.15, -0.1) is 0 Å². The van der Waals surface area contributed by atoms with E-state index in [9.17, 15) is 5.11 Å². The number of anilines is 5. The first kappa shape index (κ1) is 22.0. The van der Waals surface area contributed by atoms with Crippen molar-refractivity contribution < 1.29 is 9.52 Å². The van der Waals surface area contributed by atoms with E-state index in [-0.39, 0.29) is 6.61 Å². The maximum Gasteiger partial charge on any atom is 0.229 e. The van der Waals surface area contributed by atoms with E-state index in [0.29, 0.717) is 41.7 Å². The first-order chi connectivity index (χ1) is 16.1. The van der Waals surface area contributed by atoms with Crippen molar-refractivity contribution in [3.63, 3.8) is 0 Å². The van der Waals surface area contributed by atoms with E-state index in [1.165, 1.54) is 12.6 Å². The summed E-state index contributed by atoms with van der Waals surface area (Å²) in [6.45, 7) is 2.42. The first-order valence-electron chi connectivity index (χ1n) is 10.5. The second-order valence-electron chi connectivity index (χ2n) is 7.36. The summed E-state index contributed by atoms with van der Waals surface area (Å²) in [6, 6.07) is 15.0. The third-order valence-electron chi connectivity index (χ3n) is 5.14. The molecule has 4 rings (SSSR count). The zero-order chi connectivity index (χ0) is 23.2. The molecule has 0 saturated heterocycles. The Balaban J connectivity index is 1.66. The molecule has 2 aromatic heterocycles. The number of hydrogen-bond acceptors (Lipinski definition) is 9. The Hall–Kier alpha value is -4.24. The van der Waals surface area contributed by atoms with Crippen LogP contribution >= 0.6 is 0 Å². The van der Waals surface area contributed by atoms with Gasteiger partial charge in [0.15, 0.2) is 12.2 Å². The highest BCUT2D eigenvalue weighted by Crippen LogP contribution is 2.31. The molecule has 0 bridgehead atoms. The summed E-state index contributed by atoms with van der Waals surface area (Å²) in [5.74, 6) is 1.74. The third kappa shape index (κ3) is 4.83. The third-order valence-corrected chi connectivity index (χ3v) is 5.14. The van der Waals surface area contributed by atoms with E-state index in [1.54, 1.807) is 18.3 Å². The van der Waals surface area contributed by atoms with Crippen LogP contribution in [0.5, 0.6) is 0 Å². The number of hydrogen-bond donors (Lipinski definition) is 4. The van der Waals surface area contributed by atoms with Crippen molar-refractivity contribution >= 4 is 35.0 Å². The molecule has 0 atom stereocenters. The Bertz CT molecular complexity index is 1260. The molecule has 5 N–H and O–H groups in total. The van der Waals surface area contributed by atoms with Crippen LogP contribution < -0.4 is 16.0 Å². The fourth-order valence-corrected chi connectivity index (χ4v) is 3.56. The van der Waals surface area contributed by atoms with Gasteiger partial charge in [0.1, 0.15) is 5.82 Å². The van der Waals surface area contributed by atoms with Gasteiger partial charge in [-0.1, -0.05) is 18.2 Å². The normalized spacial score (nSPS) is 10.7. The molecule has 4 aromatic rings. The second kappa shape index (κ2) is 9.92. The van der Waals surface area contributed by atoms with Gasteiger partial charge < -0.3 is 30.9 Å². The SMILES string of the molecule is Cc1ncoc1-c1cccc(Nc2nccc(N(CCCO)c3cccc(N)c3C=N)n2)c1. The van der Waals surface area contributed by atoms with Crippen molar-refractivity contribution in [3.05, 3.63) is 72.4 Å². The summed E-state index contributed by atoms with van der Waals surface area (Å²) in [7, 11) is 0. The molecular weight excluding hydrogens is 418 g/mol. The number of aryl methyl sites for hydroxylation is 1. The number of nitrogens with two attached hydrogens (primary N) is 1. The van der Waals surface area contributed by atoms with Crippen LogP contribution in [0.15, 0.2) is 65.5 Å². The van der Waals surface area contributed by atoms with E-state index < -0.39 is 0 Å². The van der Waals surface area contributed by atoms with Gasteiger partial charge >= 0.3 is 0 Å². The summed E-state index contributed by atoms with van der Waals surface area (Å²) in [6.07, 6.45) is 4.85. The molecule has 9 heteroatoms. The van der Waals surface area contributed by atoms with Crippen molar-refractivity contribution in [1.82, 2.24) is 15.0 Å². The maximum atomic E-state index is 9.41. The summed E-state index contributed by atoms with van der Waals surface area (Å²) in [5.41, 5.74) is 10.4. The molecule has 2 heterocycles. The van der Waals surface area contributed by atoms with Crippen molar-refractivity contribution in [3.8, 4) is 11.3 Å². The number of aromatic nitrogens is 3. The zero-order valence-corrected chi connectivity index (χ0v) is 18.2. The predicted molar refractivity (Wildman–Crippen MR) is 129 cm³/mol. The van der Waals surface area contributed by atoms with E-state index in [2.05, 4.69) is 20.3 Å². The minimum absolute atomic E-state index is 0.0305. The van der Waals surface area contributed by atoms with E-state index in [4.69, 9.17) is 15.6 Å². The number of aliphatic hydroxyl groups excluding tert-OH is 1. The quantitative estimate of drug-likeness (QED) is 0.222. The Morgan fingerprint density at radius 2 is 2.03 bits per heavy atom. The van der Waals surface area contributed by atoms with Gasteiger partial charge in [-0.3, -0.25) is 0 Å². The lowest BCUT2D eigenvalue weighted by molar-refractivity contribution is 0.290. The monoisotopic (exact) mass is 443 g/mol. The topological polar surface area (TPSA) is 137 Å². The largest absolute Gasteiger partial charge is 0.443 e. The second-order valence-corrected chi connectivity index (χ2v) is 7.36. The summed E-state index contributed by atoms with van der Waals surface area (Å²) >= 11 is 0. The molecule has 0 aliphatic carbocycles. The van der Waals surface area contributed by atoms with Gasteiger partial charge in [0.05, 0.1) is 11.4 Å². The smallest absolute Gasteiger partial charge is 0.229 e. The molecule has 0 fully saturated rings. The standard InChI is InChI=1S/C24H25N7O2/c1-16-23(33-15-28-16)17-5-2-6-18(13-17)29-24-27-10-9-22(30-24)31(11-4-12-32)21-8-3-7-20(26)19(21)14-25/h2-3,5-10,13-15,25,32H,4,11-12,26H2,1H3,(H,27,29,30). The van der Waals surface area contributed by atoms with Crippen LogP contribution in [-0.2, 0) is 0 Å². The molecule has 33 heavy (non-hydrogen) atoms. The number of rotatable bonds is 9. The molecule has 0 saturated carbocycles. The lowest BCUT2D eigenvalue weighted by Gasteiger charge is -2.26. The minimum Gasteiger partial charge on any atom is -0.443 e. The van der Waals surface area contributed by atoms with E-state index >= 15 is 0 Å². The fourth-order valence-electron chi connectivity index (χ4n) is 3.56. The number of oxazole rings is 1. The highest BCUT2D eigenvalue weighted by atomic mass is 16.3. The number of benzene rings is 2. The van der Waals surface area contributed by atoms with Crippen LogP contribution in [-0.4, -0.2) is 39.4 Å². The lowest BCUT2D eigenvalue weighted by atomic mass is 10.1. The van der Waals surface area contributed by atoms with Crippen molar-refractivity contribution in [2.45, 2.75) is 13.3 Å². The first-order valence-corrected chi connectivity index (χ1v) is 10.5. The van der Waals surface area contributed by atoms with Crippen molar-refractivity contribution in [2.75, 3.05) is 29.1 Å². The zero-order valence-electron chi connectivity index (χ0n) is 18.2. The Morgan fingerprint density at radius 3 is 2.79 bits per heavy atom.